The third-order valence-electron chi connectivity index (χ3n) is 2.88. The molecular weight excluding hydrogens is 280 g/mol. The molecule has 0 saturated heterocycles. The molecule has 0 amide bonds. The molecule has 1 heterocycles. The van der Waals surface area contributed by atoms with Gasteiger partial charge in [0, 0.05) is 30.8 Å². The number of Topliss-reactive ketones (excluding diaryl/α,β-unsaturated/α-hetero) is 2. The minimum atomic E-state index is -0.263. The van der Waals surface area contributed by atoms with Crippen molar-refractivity contribution in [2.45, 2.75) is 33.3 Å². The van der Waals surface area contributed by atoms with Crippen LogP contribution in [0.3, 0.4) is 0 Å². The smallest absolute Gasteiger partial charge is 0.200 e. The zero-order valence-corrected chi connectivity index (χ0v) is 12.8. The average molecular weight is 300 g/mol. The summed E-state index contributed by atoms with van der Waals surface area (Å²) in [6.45, 7) is 3.80. The van der Waals surface area contributed by atoms with E-state index in [4.69, 9.17) is 0 Å². The largest absolute Gasteiger partial charge is 0.392 e. The molecule has 116 valence electrons. The van der Waals surface area contributed by atoms with Crippen molar-refractivity contribution in [3.63, 3.8) is 0 Å². The maximum Gasteiger partial charge on any atom is 0.200 e. The molecule has 0 saturated carbocycles. The van der Waals surface area contributed by atoms with Gasteiger partial charge in [-0.15, -0.1) is 0 Å². The van der Waals surface area contributed by atoms with Gasteiger partial charge in [0.1, 0.15) is 0 Å². The lowest BCUT2D eigenvalue weighted by atomic mass is 10.00. The molecule has 1 aromatic carbocycles. The fourth-order valence-electron chi connectivity index (χ4n) is 1.85. The lowest BCUT2D eigenvalue weighted by Crippen LogP contribution is -2.09. The topological polar surface area (TPSA) is 80.2 Å². The van der Waals surface area contributed by atoms with E-state index in [1.807, 2.05) is 13.8 Å². The van der Waals surface area contributed by atoms with Gasteiger partial charge in [0.2, 0.25) is 0 Å². The molecule has 0 unspecified atom stereocenters. The molecule has 2 rings (SSSR count). The zero-order chi connectivity index (χ0) is 16.4. The van der Waals surface area contributed by atoms with Crippen LogP contribution in [-0.2, 0) is 6.61 Å². The van der Waals surface area contributed by atoms with Gasteiger partial charge in [0.15, 0.2) is 17.4 Å². The number of nitrogens with zero attached hydrogens (tertiary/aromatic N) is 2. The normalized spacial score (nSPS) is 9.59. The molecule has 0 bridgehead atoms. The molecule has 0 fully saturated rings. The molecule has 2 aromatic rings. The number of benzene rings is 1. The van der Waals surface area contributed by atoms with Crippen molar-refractivity contribution in [1.29, 1.82) is 0 Å². The van der Waals surface area contributed by atoms with Gasteiger partial charge >= 0.3 is 0 Å². The third-order valence-corrected chi connectivity index (χ3v) is 2.88. The number of aliphatic hydroxyl groups excluding tert-OH is 1. The second-order valence-corrected chi connectivity index (χ2v) is 4.23. The Bertz CT molecular complexity index is 612. The van der Waals surface area contributed by atoms with Gasteiger partial charge in [-0.1, -0.05) is 38.1 Å². The van der Waals surface area contributed by atoms with Gasteiger partial charge in [0.05, 0.1) is 6.61 Å². The molecule has 5 nitrogen and oxygen atoms in total. The molecule has 1 N–H and O–H groups in total. The number of carbonyl (C=O) groups excluding carboxylic acids is 2. The van der Waals surface area contributed by atoms with E-state index in [0.29, 0.717) is 11.1 Å². The molecule has 0 aliphatic rings. The van der Waals surface area contributed by atoms with Crippen LogP contribution in [0, 0.1) is 0 Å². The van der Waals surface area contributed by atoms with E-state index in [0.717, 1.165) is 0 Å². The number of aliphatic hydroxyl groups is 1. The highest BCUT2D eigenvalue weighted by Gasteiger charge is 2.14. The summed E-state index contributed by atoms with van der Waals surface area (Å²) in [5.41, 5.74) is 1.03. The van der Waals surface area contributed by atoms with Crippen LogP contribution in [0.1, 0.15) is 53.2 Å². The summed E-state index contributed by atoms with van der Waals surface area (Å²) in [7, 11) is 0. The zero-order valence-electron chi connectivity index (χ0n) is 12.8. The first-order valence-corrected chi connectivity index (χ1v) is 7.24. The van der Waals surface area contributed by atoms with Crippen molar-refractivity contribution in [1.82, 2.24) is 9.97 Å². The predicted octanol–water partition coefficient (Wildman–Crippen LogP) is 2.84. The number of hydrogen-bond acceptors (Lipinski definition) is 5. The minimum absolute atomic E-state index is 0.0581. The van der Waals surface area contributed by atoms with Gasteiger partial charge in [0.25, 0.3) is 0 Å². The average Bonchev–Trinajstić information content (AvgIpc) is 2.61. The predicted molar refractivity (Wildman–Crippen MR) is 83.6 cm³/mol. The molecule has 0 aliphatic heterocycles. The molecule has 22 heavy (non-hydrogen) atoms. The first-order valence-electron chi connectivity index (χ1n) is 7.24. The van der Waals surface area contributed by atoms with Crippen LogP contribution in [0.2, 0.25) is 0 Å². The molecule has 5 heteroatoms. The van der Waals surface area contributed by atoms with E-state index in [-0.39, 0.29) is 36.8 Å². The van der Waals surface area contributed by atoms with Crippen molar-refractivity contribution in [2.24, 2.45) is 0 Å². The lowest BCUT2D eigenvalue weighted by Gasteiger charge is -2.05. The Morgan fingerprint density at radius 1 is 0.955 bits per heavy atom. The highest BCUT2D eigenvalue weighted by molar-refractivity contribution is 6.01. The monoisotopic (exact) mass is 300 g/mol. The summed E-state index contributed by atoms with van der Waals surface area (Å²) in [5, 5.41) is 9.18. The van der Waals surface area contributed by atoms with Gasteiger partial charge in [-0.2, -0.15) is 0 Å². The van der Waals surface area contributed by atoms with E-state index in [1.165, 1.54) is 12.4 Å². The number of ketones is 2. The third kappa shape index (κ3) is 4.86. The fraction of sp³-hybridized carbons (Fsp3) is 0.294. The Morgan fingerprint density at radius 2 is 1.55 bits per heavy atom. The Labute approximate surface area is 130 Å². The molecule has 1 aromatic heterocycles. The van der Waals surface area contributed by atoms with Crippen molar-refractivity contribution in [2.75, 3.05) is 0 Å². The van der Waals surface area contributed by atoms with E-state index < -0.39 is 0 Å². The maximum absolute atomic E-state index is 12.1. The number of rotatable bonds is 6. The molecule has 0 atom stereocenters. The first kappa shape index (κ1) is 17.7. The summed E-state index contributed by atoms with van der Waals surface area (Å²) < 4.78 is 0. The van der Waals surface area contributed by atoms with Gasteiger partial charge < -0.3 is 5.11 Å². The summed E-state index contributed by atoms with van der Waals surface area (Å²) in [6, 6.07) is 8.45. The summed E-state index contributed by atoms with van der Waals surface area (Å²) in [5.74, 6) is -0.310. The van der Waals surface area contributed by atoms with Crippen molar-refractivity contribution in [3.8, 4) is 0 Å². The van der Waals surface area contributed by atoms with Crippen molar-refractivity contribution in [3.05, 3.63) is 59.7 Å². The second kappa shape index (κ2) is 9.52. The van der Waals surface area contributed by atoms with E-state index in [9.17, 15) is 14.7 Å². The number of carbonyl (C=O) groups is 2. The van der Waals surface area contributed by atoms with Crippen molar-refractivity contribution < 1.29 is 14.7 Å². The Balaban J connectivity index is 0.00000116. The van der Waals surface area contributed by atoms with Gasteiger partial charge in [-0.3, -0.25) is 9.59 Å². The van der Waals surface area contributed by atoms with Gasteiger partial charge in [-0.05, 0) is 11.6 Å². The van der Waals surface area contributed by atoms with Crippen LogP contribution in [0.25, 0.3) is 0 Å². The minimum Gasteiger partial charge on any atom is -0.392 e. The summed E-state index contributed by atoms with van der Waals surface area (Å²) >= 11 is 0. The second-order valence-electron chi connectivity index (χ2n) is 4.23. The van der Waals surface area contributed by atoms with Crippen LogP contribution in [0.15, 0.2) is 42.7 Å². The van der Waals surface area contributed by atoms with Crippen LogP contribution in [-0.4, -0.2) is 26.6 Å². The van der Waals surface area contributed by atoms with Crippen LogP contribution in [0.4, 0.5) is 0 Å². The highest BCUT2D eigenvalue weighted by Crippen LogP contribution is 2.13. The standard InChI is InChI=1S/C15H14N2O3.C2H6/c18-10-11-4-1-2-5-12(11)13(19)6-7-14(20)15-16-8-3-9-17-15;1-2/h1-5,8-9,18H,6-7,10H2;1-2H3. The first-order chi connectivity index (χ1) is 10.7. The Hall–Kier alpha value is -2.40. The number of aromatic nitrogens is 2. The number of hydrogen-bond donors (Lipinski definition) is 1. The summed E-state index contributed by atoms with van der Waals surface area (Å²) in [6.07, 6.45) is 3.11. The van der Waals surface area contributed by atoms with Crippen molar-refractivity contribution >= 4 is 11.6 Å². The molecule has 0 aliphatic carbocycles. The van der Waals surface area contributed by atoms with Crippen LogP contribution < -0.4 is 0 Å². The summed E-state index contributed by atoms with van der Waals surface area (Å²) in [4.78, 5) is 31.6. The van der Waals surface area contributed by atoms with E-state index in [1.54, 1.807) is 30.3 Å². The lowest BCUT2D eigenvalue weighted by molar-refractivity contribution is 0.0910. The van der Waals surface area contributed by atoms with E-state index in [2.05, 4.69) is 9.97 Å². The SMILES string of the molecule is CC.O=C(CCC(=O)c1ccccc1CO)c1ncccn1. The molecule has 0 spiro atoms. The Morgan fingerprint density at radius 3 is 2.18 bits per heavy atom. The molecule has 0 radical (unpaired) electrons. The van der Waals surface area contributed by atoms with Crippen LogP contribution in [0.5, 0.6) is 0 Å². The fourth-order valence-corrected chi connectivity index (χ4v) is 1.85. The highest BCUT2D eigenvalue weighted by atomic mass is 16.3. The van der Waals surface area contributed by atoms with E-state index >= 15 is 0 Å². The van der Waals surface area contributed by atoms with Crippen LogP contribution >= 0.6 is 0 Å². The Kier molecular flexibility index (Phi) is 7.64. The maximum atomic E-state index is 12.1. The molecular formula is C17H20N2O3. The quantitative estimate of drug-likeness (QED) is 0.830. The van der Waals surface area contributed by atoms with Gasteiger partial charge in [-0.25, -0.2) is 9.97 Å².